The van der Waals surface area contributed by atoms with Crippen LogP contribution in [-0.4, -0.2) is 29.3 Å². The van der Waals surface area contributed by atoms with E-state index in [4.69, 9.17) is 0 Å². The third-order valence-corrected chi connectivity index (χ3v) is 4.52. The number of aryl methyl sites for hydroxylation is 2. The molecule has 1 aromatic rings. The van der Waals surface area contributed by atoms with Gasteiger partial charge in [0.2, 0.25) is 0 Å². The molecule has 0 spiro atoms. The lowest BCUT2D eigenvalue weighted by Crippen LogP contribution is -2.47. The highest BCUT2D eigenvalue weighted by Gasteiger charge is 2.28. The van der Waals surface area contributed by atoms with Crippen molar-refractivity contribution in [2.45, 2.75) is 59.0 Å². The zero-order valence-corrected chi connectivity index (χ0v) is 12.6. The van der Waals surface area contributed by atoms with Gasteiger partial charge in [-0.05, 0) is 64.3 Å². The molecule has 104 valence electrons. The van der Waals surface area contributed by atoms with E-state index in [-0.39, 0.29) is 11.8 Å². The van der Waals surface area contributed by atoms with Crippen LogP contribution in [-0.2, 0) is 0 Å². The molecule has 2 heteroatoms. The van der Waals surface area contributed by atoms with Crippen molar-refractivity contribution >= 4 is 5.78 Å². The first-order chi connectivity index (χ1) is 9.00. The second kappa shape index (κ2) is 5.87. The van der Waals surface area contributed by atoms with E-state index in [1.807, 2.05) is 12.1 Å². The molecular weight excluding hydrogens is 234 g/mol. The molecule has 2 nitrogen and oxygen atoms in total. The topological polar surface area (TPSA) is 20.3 Å². The second-order valence-corrected chi connectivity index (χ2v) is 5.92. The van der Waals surface area contributed by atoms with E-state index in [0.717, 1.165) is 12.1 Å². The van der Waals surface area contributed by atoms with Gasteiger partial charge in [0.15, 0.2) is 5.78 Å². The number of benzene rings is 1. The van der Waals surface area contributed by atoms with Crippen LogP contribution in [0.15, 0.2) is 18.2 Å². The molecule has 1 aliphatic heterocycles. The summed E-state index contributed by atoms with van der Waals surface area (Å²) in [6.07, 6.45) is 3.72. The molecule has 2 rings (SSSR count). The Bertz CT molecular complexity index is 466. The highest BCUT2D eigenvalue weighted by atomic mass is 16.1. The summed E-state index contributed by atoms with van der Waals surface area (Å²) in [4.78, 5) is 15.0. The van der Waals surface area contributed by atoms with Crippen LogP contribution in [0.1, 0.15) is 54.6 Å². The first-order valence-corrected chi connectivity index (χ1v) is 7.38. The molecule has 2 unspecified atom stereocenters. The highest BCUT2D eigenvalue weighted by molar-refractivity contribution is 6.00. The molecule has 2 atom stereocenters. The summed E-state index contributed by atoms with van der Waals surface area (Å²) >= 11 is 0. The minimum atomic E-state index is -0.00240. The SMILES string of the molecule is Cc1ccc(C(=O)C(C)N2CCCCC2C)cc1C. The van der Waals surface area contributed by atoms with E-state index < -0.39 is 0 Å². The summed E-state index contributed by atoms with van der Waals surface area (Å²) in [5.41, 5.74) is 3.30. The molecule has 1 aromatic carbocycles. The fourth-order valence-electron chi connectivity index (χ4n) is 2.98. The van der Waals surface area contributed by atoms with Crippen LogP contribution in [0.25, 0.3) is 0 Å². The second-order valence-electron chi connectivity index (χ2n) is 5.92. The number of hydrogen-bond donors (Lipinski definition) is 0. The summed E-state index contributed by atoms with van der Waals surface area (Å²) in [7, 11) is 0. The van der Waals surface area contributed by atoms with Gasteiger partial charge >= 0.3 is 0 Å². The largest absolute Gasteiger partial charge is 0.292 e. The van der Waals surface area contributed by atoms with E-state index in [9.17, 15) is 4.79 Å². The lowest BCUT2D eigenvalue weighted by atomic mass is 9.96. The Labute approximate surface area is 116 Å². The fourth-order valence-corrected chi connectivity index (χ4v) is 2.98. The van der Waals surface area contributed by atoms with Crippen LogP contribution in [0.2, 0.25) is 0 Å². The Morgan fingerprint density at radius 2 is 2.00 bits per heavy atom. The van der Waals surface area contributed by atoms with Crippen LogP contribution in [0.4, 0.5) is 0 Å². The van der Waals surface area contributed by atoms with Crippen LogP contribution >= 0.6 is 0 Å². The van der Waals surface area contributed by atoms with Crippen molar-refractivity contribution in [1.29, 1.82) is 0 Å². The van der Waals surface area contributed by atoms with Crippen molar-refractivity contribution in [1.82, 2.24) is 4.90 Å². The van der Waals surface area contributed by atoms with Crippen molar-refractivity contribution in [2.75, 3.05) is 6.54 Å². The highest BCUT2D eigenvalue weighted by Crippen LogP contribution is 2.21. The smallest absolute Gasteiger partial charge is 0.179 e. The summed E-state index contributed by atoms with van der Waals surface area (Å²) in [5.74, 6) is 0.261. The minimum Gasteiger partial charge on any atom is -0.292 e. The van der Waals surface area contributed by atoms with Gasteiger partial charge in [-0.2, -0.15) is 0 Å². The molecule has 0 saturated carbocycles. The predicted molar refractivity (Wildman–Crippen MR) is 79.7 cm³/mol. The summed E-state index contributed by atoms with van der Waals surface area (Å²) in [5, 5.41) is 0. The minimum absolute atomic E-state index is 0.00240. The Hall–Kier alpha value is -1.15. The molecule has 0 amide bonds. The number of likely N-dealkylation sites (tertiary alicyclic amines) is 1. The zero-order valence-electron chi connectivity index (χ0n) is 12.6. The van der Waals surface area contributed by atoms with Crippen molar-refractivity contribution in [2.24, 2.45) is 0 Å². The number of ketones is 1. The van der Waals surface area contributed by atoms with E-state index in [1.54, 1.807) is 0 Å². The van der Waals surface area contributed by atoms with Crippen LogP contribution in [0.5, 0.6) is 0 Å². The summed E-state index contributed by atoms with van der Waals surface area (Å²) in [6, 6.07) is 6.57. The van der Waals surface area contributed by atoms with E-state index in [0.29, 0.717) is 6.04 Å². The lowest BCUT2D eigenvalue weighted by Gasteiger charge is -2.37. The third kappa shape index (κ3) is 3.06. The average molecular weight is 259 g/mol. The molecule has 1 saturated heterocycles. The number of carbonyl (C=O) groups excluding carboxylic acids is 1. The summed E-state index contributed by atoms with van der Waals surface area (Å²) < 4.78 is 0. The van der Waals surface area contributed by atoms with Gasteiger partial charge in [-0.25, -0.2) is 0 Å². The Morgan fingerprint density at radius 3 is 2.63 bits per heavy atom. The van der Waals surface area contributed by atoms with Gasteiger partial charge in [0, 0.05) is 11.6 Å². The number of Topliss-reactive ketones (excluding diaryl/α,β-unsaturated/α-hetero) is 1. The molecule has 0 N–H and O–H groups in total. The van der Waals surface area contributed by atoms with Gasteiger partial charge in [-0.3, -0.25) is 9.69 Å². The number of nitrogens with zero attached hydrogens (tertiary/aromatic N) is 1. The first kappa shape index (κ1) is 14.3. The average Bonchev–Trinajstić information content (AvgIpc) is 2.41. The van der Waals surface area contributed by atoms with Crippen LogP contribution < -0.4 is 0 Å². The lowest BCUT2D eigenvalue weighted by molar-refractivity contribution is 0.0701. The quantitative estimate of drug-likeness (QED) is 0.771. The van der Waals surface area contributed by atoms with Crippen LogP contribution in [0.3, 0.4) is 0 Å². The first-order valence-electron chi connectivity index (χ1n) is 7.38. The Morgan fingerprint density at radius 1 is 1.26 bits per heavy atom. The molecule has 1 fully saturated rings. The normalized spacial score (nSPS) is 22.2. The fraction of sp³-hybridized carbons (Fsp3) is 0.588. The van der Waals surface area contributed by atoms with Gasteiger partial charge < -0.3 is 0 Å². The third-order valence-electron chi connectivity index (χ3n) is 4.52. The number of carbonyl (C=O) groups is 1. The van der Waals surface area contributed by atoms with Gasteiger partial charge in [0.05, 0.1) is 6.04 Å². The van der Waals surface area contributed by atoms with Gasteiger partial charge in [0.25, 0.3) is 0 Å². The number of piperidine rings is 1. The van der Waals surface area contributed by atoms with Crippen molar-refractivity contribution < 1.29 is 4.79 Å². The van der Waals surface area contributed by atoms with Crippen molar-refractivity contribution in [3.8, 4) is 0 Å². The summed E-state index contributed by atoms with van der Waals surface area (Å²) in [6.45, 7) is 9.50. The Kier molecular flexibility index (Phi) is 4.41. The van der Waals surface area contributed by atoms with Gasteiger partial charge in [0.1, 0.15) is 0 Å². The van der Waals surface area contributed by atoms with E-state index in [1.165, 1.54) is 30.4 Å². The zero-order chi connectivity index (χ0) is 14.0. The maximum atomic E-state index is 12.6. The van der Waals surface area contributed by atoms with E-state index >= 15 is 0 Å². The molecule has 0 radical (unpaired) electrons. The van der Waals surface area contributed by atoms with E-state index in [2.05, 4.69) is 38.7 Å². The maximum absolute atomic E-state index is 12.6. The molecule has 1 aliphatic rings. The molecule has 0 aliphatic carbocycles. The Balaban J connectivity index is 2.15. The molecule has 0 aromatic heterocycles. The molecule has 19 heavy (non-hydrogen) atoms. The molecule has 1 heterocycles. The monoisotopic (exact) mass is 259 g/mol. The standard InChI is InChI=1S/C17H25NO/c1-12-8-9-16(11-13(12)2)17(19)15(4)18-10-6-5-7-14(18)3/h8-9,11,14-15H,5-7,10H2,1-4H3. The predicted octanol–water partition coefficient (Wildman–Crippen LogP) is 3.75. The maximum Gasteiger partial charge on any atom is 0.179 e. The van der Waals surface area contributed by atoms with Crippen LogP contribution in [0, 0.1) is 13.8 Å². The van der Waals surface area contributed by atoms with Gasteiger partial charge in [-0.1, -0.05) is 18.6 Å². The molecule has 0 bridgehead atoms. The molecular formula is C17H25NO. The van der Waals surface area contributed by atoms with Crippen molar-refractivity contribution in [3.63, 3.8) is 0 Å². The van der Waals surface area contributed by atoms with Crippen molar-refractivity contribution in [3.05, 3.63) is 34.9 Å². The van der Waals surface area contributed by atoms with Gasteiger partial charge in [-0.15, -0.1) is 0 Å². The number of rotatable bonds is 3. The number of hydrogen-bond acceptors (Lipinski definition) is 2.